The van der Waals surface area contributed by atoms with Crippen molar-refractivity contribution in [3.05, 3.63) is 57.6 Å². The minimum atomic E-state index is -2.09. The first kappa shape index (κ1) is 15.0. The molecule has 2 heteroatoms. The molecule has 0 aromatic heterocycles. The molecule has 0 atom stereocenters. The number of hydrogen-bond donors (Lipinski definition) is 1. The van der Waals surface area contributed by atoms with Crippen LogP contribution in [0.3, 0.4) is 0 Å². The molecule has 0 radical (unpaired) electrons. The summed E-state index contributed by atoms with van der Waals surface area (Å²) in [6.45, 7) is 12.8. The fourth-order valence-corrected chi connectivity index (χ4v) is 4.86. The molecule has 106 valence electrons. The topological polar surface area (TPSA) is 20.2 Å². The van der Waals surface area contributed by atoms with Gasteiger partial charge in [0.05, 0.1) is 0 Å². The Labute approximate surface area is 124 Å². The van der Waals surface area contributed by atoms with Gasteiger partial charge in [0, 0.05) is 0 Å². The van der Waals surface area contributed by atoms with Crippen LogP contribution < -0.4 is 10.4 Å². The Morgan fingerprint density at radius 2 is 0.950 bits per heavy atom. The lowest BCUT2D eigenvalue weighted by Gasteiger charge is -2.19. The first-order valence-corrected chi connectivity index (χ1v) is 8.83. The summed E-state index contributed by atoms with van der Waals surface area (Å²) in [7, 11) is -2.09. The van der Waals surface area contributed by atoms with Crippen LogP contribution in [0.5, 0.6) is 0 Å². The normalized spacial score (nSPS) is 11.2. The predicted molar refractivity (Wildman–Crippen MR) is 89.9 cm³/mol. The molecular weight excluding hydrogens is 260 g/mol. The smallest absolute Gasteiger partial charge is 0.236 e. The number of aryl methyl sites for hydroxylation is 2. The molecule has 0 saturated heterocycles. The minimum Gasteiger partial charge on any atom is -0.426 e. The summed E-state index contributed by atoms with van der Waals surface area (Å²) < 4.78 is 0. The van der Waals surface area contributed by atoms with Crippen molar-refractivity contribution in [2.45, 2.75) is 41.5 Å². The van der Waals surface area contributed by atoms with E-state index in [-0.39, 0.29) is 0 Å². The van der Waals surface area contributed by atoms with E-state index < -0.39 is 9.04 Å². The highest BCUT2D eigenvalue weighted by atomic mass is 28.3. The molecule has 2 rings (SSSR count). The maximum atomic E-state index is 10.9. The van der Waals surface area contributed by atoms with Crippen LogP contribution in [0.25, 0.3) is 0 Å². The highest BCUT2D eigenvalue weighted by molar-refractivity contribution is 6.79. The van der Waals surface area contributed by atoms with E-state index in [2.05, 4.69) is 65.8 Å². The fraction of sp³-hybridized carbons (Fsp3) is 0.333. The SMILES string of the molecule is Cc1ccc([SiH](O)c2ccc(C)c(C)c2C)c(C)c1C. The maximum Gasteiger partial charge on any atom is 0.236 e. The Kier molecular flexibility index (Phi) is 4.16. The van der Waals surface area contributed by atoms with Gasteiger partial charge in [-0.25, -0.2) is 0 Å². The van der Waals surface area contributed by atoms with E-state index in [0.717, 1.165) is 10.4 Å². The van der Waals surface area contributed by atoms with Crippen molar-refractivity contribution >= 4 is 19.4 Å². The van der Waals surface area contributed by atoms with Gasteiger partial charge < -0.3 is 4.80 Å². The molecule has 0 bridgehead atoms. The Hall–Kier alpha value is -1.38. The summed E-state index contributed by atoms with van der Waals surface area (Å²) in [5.41, 5.74) is 7.70. The lowest BCUT2D eigenvalue weighted by molar-refractivity contribution is 0.599. The second-order valence-electron chi connectivity index (χ2n) is 5.85. The van der Waals surface area contributed by atoms with Crippen molar-refractivity contribution in [1.82, 2.24) is 0 Å². The molecule has 20 heavy (non-hydrogen) atoms. The second-order valence-corrected chi connectivity index (χ2v) is 7.90. The van der Waals surface area contributed by atoms with Crippen molar-refractivity contribution in [2.75, 3.05) is 0 Å². The third kappa shape index (κ3) is 2.46. The van der Waals surface area contributed by atoms with E-state index in [1.54, 1.807) is 0 Å². The summed E-state index contributed by atoms with van der Waals surface area (Å²) in [6, 6.07) is 8.49. The highest BCUT2D eigenvalue weighted by Gasteiger charge is 2.20. The summed E-state index contributed by atoms with van der Waals surface area (Å²) in [4.78, 5) is 10.9. The molecule has 1 nitrogen and oxygen atoms in total. The van der Waals surface area contributed by atoms with E-state index in [1.165, 1.54) is 33.4 Å². The summed E-state index contributed by atoms with van der Waals surface area (Å²) in [6.07, 6.45) is 0. The Morgan fingerprint density at radius 3 is 1.30 bits per heavy atom. The van der Waals surface area contributed by atoms with Gasteiger partial charge in [-0.3, -0.25) is 0 Å². The molecule has 0 saturated carbocycles. The van der Waals surface area contributed by atoms with Crippen LogP contribution in [-0.4, -0.2) is 13.8 Å². The second kappa shape index (κ2) is 5.55. The highest BCUT2D eigenvalue weighted by Crippen LogP contribution is 2.13. The number of rotatable bonds is 2. The zero-order valence-corrected chi connectivity index (χ0v) is 14.5. The third-order valence-corrected chi connectivity index (χ3v) is 7.22. The number of benzene rings is 2. The van der Waals surface area contributed by atoms with Crippen LogP contribution in [-0.2, 0) is 0 Å². The van der Waals surface area contributed by atoms with Crippen LogP contribution in [0.15, 0.2) is 24.3 Å². The van der Waals surface area contributed by atoms with Gasteiger partial charge in [-0.2, -0.15) is 0 Å². The monoisotopic (exact) mass is 284 g/mol. The molecule has 0 fully saturated rings. The lowest BCUT2D eigenvalue weighted by atomic mass is 10.0. The molecule has 0 aliphatic heterocycles. The quantitative estimate of drug-likeness (QED) is 0.840. The Balaban J connectivity index is 2.55. The molecule has 2 aromatic carbocycles. The third-order valence-electron chi connectivity index (χ3n) is 4.79. The van der Waals surface area contributed by atoms with Gasteiger partial charge in [-0.1, -0.05) is 24.3 Å². The Morgan fingerprint density at radius 1 is 0.600 bits per heavy atom. The largest absolute Gasteiger partial charge is 0.426 e. The van der Waals surface area contributed by atoms with Gasteiger partial charge in [-0.15, -0.1) is 0 Å². The predicted octanol–water partition coefficient (Wildman–Crippen LogP) is 2.37. The van der Waals surface area contributed by atoms with Crippen molar-refractivity contribution in [3.8, 4) is 0 Å². The molecule has 2 aromatic rings. The maximum absolute atomic E-state index is 10.9. The van der Waals surface area contributed by atoms with Crippen molar-refractivity contribution < 1.29 is 4.80 Å². The zero-order chi connectivity index (χ0) is 15.0. The average Bonchev–Trinajstić information content (AvgIpc) is 2.42. The van der Waals surface area contributed by atoms with Gasteiger partial charge in [0.1, 0.15) is 0 Å². The van der Waals surface area contributed by atoms with E-state index >= 15 is 0 Å². The molecule has 0 aliphatic carbocycles. The van der Waals surface area contributed by atoms with Crippen molar-refractivity contribution in [2.24, 2.45) is 0 Å². The van der Waals surface area contributed by atoms with Gasteiger partial charge in [0.25, 0.3) is 0 Å². The van der Waals surface area contributed by atoms with E-state index in [1.807, 2.05) is 0 Å². The summed E-state index contributed by atoms with van der Waals surface area (Å²) in [5.74, 6) is 0. The van der Waals surface area contributed by atoms with Crippen LogP contribution in [0.2, 0.25) is 0 Å². The van der Waals surface area contributed by atoms with E-state index in [4.69, 9.17) is 0 Å². The van der Waals surface area contributed by atoms with Crippen LogP contribution in [0, 0.1) is 41.5 Å². The molecule has 0 spiro atoms. The van der Waals surface area contributed by atoms with Crippen LogP contribution in [0.4, 0.5) is 0 Å². The average molecular weight is 284 g/mol. The van der Waals surface area contributed by atoms with E-state index in [9.17, 15) is 4.80 Å². The van der Waals surface area contributed by atoms with Gasteiger partial charge in [0.15, 0.2) is 0 Å². The molecule has 0 unspecified atom stereocenters. The minimum absolute atomic E-state index is 1.15. The summed E-state index contributed by atoms with van der Waals surface area (Å²) >= 11 is 0. The molecule has 0 amide bonds. The van der Waals surface area contributed by atoms with Crippen molar-refractivity contribution in [1.29, 1.82) is 0 Å². The Bertz CT molecular complexity index is 601. The molecular formula is C18H24OSi. The summed E-state index contributed by atoms with van der Waals surface area (Å²) in [5, 5.41) is 2.30. The van der Waals surface area contributed by atoms with Gasteiger partial charge in [-0.05, 0) is 85.3 Å². The number of hydrogen-bond acceptors (Lipinski definition) is 1. The first-order valence-electron chi connectivity index (χ1n) is 7.16. The van der Waals surface area contributed by atoms with E-state index in [0.29, 0.717) is 0 Å². The molecule has 0 heterocycles. The zero-order valence-electron chi connectivity index (χ0n) is 13.3. The first-order chi connectivity index (χ1) is 9.34. The molecule has 1 N–H and O–H groups in total. The fourth-order valence-electron chi connectivity index (χ4n) is 2.71. The van der Waals surface area contributed by atoms with Gasteiger partial charge in [0.2, 0.25) is 9.04 Å². The van der Waals surface area contributed by atoms with Crippen LogP contribution in [0.1, 0.15) is 33.4 Å². The standard InChI is InChI=1S/C18H24OSi/c1-11-7-9-17(15(5)13(11)3)20(19)18-10-8-12(2)14(4)16(18)6/h7-10,19-20H,1-6H3. The van der Waals surface area contributed by atoms with Gasteiger partial charge >= 0.3 is 0 Å². The lowest BCUT2D eigenvalue weighted by Crippen LogP contribution is -2.45. The van der Waals surface area contributed by atoms with Crippen molar-refractivity contribution in [3.63, 3.8) is 0 Å². The molecule has 0 aliphatic rings. The van der Waals surface area contributed by atoms with Crippen LogP contribution >= 0.6 is 0 Å².